The summed E-state index contributed by atoms with van der Waals surface area (Å²) in [7, 11) is 0. The zero-order chi connectivity index (χ0) is 17.1. The highest BCUT2D eigenvalue weighted by atomic mass is 35.5. The number of carbonyl (C=O) groups is 1. The lowest BCUT2D eigenvalue weighted by molar-refractivity contribution is -0.129. The molecule has 4 nitrogen and oxygen atoms in total. The van der Waals surface area contributed by atoms with Gasteiger partial charge in [0.05, 0.1) is 0 Å². The van der Waals surface area contributed by atoms with Gasteiger partial charge < -0.3 is 15.5 Å². The highest BCUT2D eigenvalue weighted by Gasteiger charge is 2.23. The van der Waals surface area contributed by atoms with Gasteiger partial charge in [-0.1, -0.05) is 35.9 Å². The Morgan fingerprint density at radius 1 is 1.25 bits per heavy atom. The van der Waals surface area contributed by atoms with Crippen LogP contribution in [0.25, 0.3) is 0 Å². The first-order valence-corrected chi connectivity index (χ1v) is 8.43. The van der Waals surface area contributed by atoms with E-state index >= 15 is 0 Å². The highest BCUT2D eigenvalue weighted by Crippen LogP contribution is 2.28. The third kappa shape index (κ3) is 3.71. The van der Waals surface area contributed by atoms with Crippen molar-refractivity contribution in [2.24, 2.45) is 5.92 Å². The number of phenols is 1. The molecule has 2 aromatic rings. The van der Waals surface area contributed by atoms with E-state index in [0.717, 1.165) is 24.8 Å². The Balaban J connectivity index is 1.58. The van der Waals surface area contributed by atoms with Crippen molar-refractivity contribution in [3.63, 3.8) is 0 Å². The number of carbonyl (C=O) groups excluding carboxylic acids is 1. The Morgan fingerprint density at radius 3 is 2.83 bits per heavy atom. The molecule has 24 heavy (non-hydrogen) atoms. The zero-order valence-electron chi connectivity index (χ0n) is 13.2. The maximum absolute atomic E-state index is 12.2. The standard InChI is InChI=1S/C19H20ClNO3/c20-17-4-2-1-3-16(17)18(23)19(24)21-11-12-5-6-13-7-8-15(22)10-14(13)9-12/h1-4,7-8,10,12,18,22-23H,5-6,9,11H2,(H,21,24). The summed E-state index contributed by atoms with van der Waals surface area (Å²) in [6, 6.07) is 12.3. The molecule has 0 spiro atoms. The maximum Gasteiger partial charge on any atom is 0.253 e. The van der Waals surface area contributed by atoms with Crippen LogP contribution < -0.4 is 5.32 Å². The fourth-order valence-corrected chi connectivity index (χ4v) is 3.41. The van der Waals surface area contributed by atoms with Crippen LogP contribution in [0, 0.1) is 5.92 Å². The first-order valence-electron chi connectivity index (χ1n) is 8.05. The number of hydrogen-bond acceptors (Lipinski definition) is 3. The second kappa shape index (κ2) is 7.24. The highest BCUT2D eigenvalue weighted by molar-refractivity contribution is 6.31. The number of halogens is 1. The van der Waals surface area contributed by atoms with Gasteiger partial charge in [0.2, 0.25) is 0 Å². The molecule has 0 saturated carbocycles. The molecule has 0 aliphatic heterocycles. The van der Waals surface area contributed by atoms with Crippen molar-refractivity contribution in [3.05, 3.63) is 64.2 Å². The Kier molecular flexibility index (Phi) is 5.07. The number of phenolic OH excluding ortho intramolecular Hbond substituents is 1. The lowest BCUT2D eigenvalue weighted by Crippen LogP contribution is -2.35. The van der Waals surface area contributed by atoms with E-state index in [0.29, 0.717) is 23.0 Å². The third-order valence-corrected chi connectivity index (χ3v) is 4.88. The normalized spacial score (nSPS) is 17.8. The molecule has 3 N–H and O–H groups in total. The SMILES string of the molecule is O=C(NCC1CCc2ccc(O)cc2C1)C(O)c1ccccc1Cl. The van der Waals surface area contributed by atoms with Crippen LogP contribution >= 0.6 is 11.6 Å². The van der Waals surface area contributed by atoms with Gasteiger partial charge in [0.25, 0.3) is 5.91 Å². The zero-order valence-corrected chi connectivity index (χ0v) is 14.0. The van der Waals surface area contributed by atoms with E-state index in [4.69, 9.17) is 11.6 Å². The predicted octanol–water partition coefficient (Wildman–Crippen LogP) is 3.00. The number of rotatable bonds is 4. The van der Waals surface area contributed by atoms with Gasteiger partial charge in [0.1, 0.15) is 5.75 Å². The van der Waals surface area contributed by atoms with Crippen LogP contribution in [0.5, 0.6) is 5.75 Å². The Morgan fingerprint density at radius 2 is 2.04 bits per heavy atom. The second-order valence-electron chi connectivity index (χ2n) is 6.23. The number of fused-ring (bicyclic) bond motifs is 1. The summed E-state index contributed by atoms with van der Waals surface area (Å²) < 4.78 is 0. The summed E-state index contributed by atoms with van der Waals surface area (Å²) in [4.78, 5) is 12.2. The van der Waals surface area contributed by atoms with Crippen LogP contribution in [0.1, 0.15) is 29.2 Å². The van der Waals surface area contributed by atoms with Crippen molar-refractivity contribution in [1.82, 2.24) is 5.32 Å². The lowest BCUT2D eigenvalue weighted by atomic mass is 9.83. The van der Waals surface area contributed by atoms with E-state index < -0.39 is 12.0 Å². The van der Waals surface area contributed by atoms with Crippen molar-refractivity contribution in [1.29, 1.82) is 0 Å². The van der Waals surface area contributed by atoms with Gasteiger partial charge in [-0.15, -0.1) is 0 Å². The van der Waals surface area contributed by atoms with Gasteiger partial charge in [-0.2, -0.15) is 0 Å². The number of amides is 1. The van der Waals surface area contributed by atoms with Gasteiger partial charge >= 0.3 is 0 Å². The molecule has 3 rings (SSSR count). The van der Waals surface area contributed by atoms with Crippen LogP contribution in [0.4, 0.5) is 0 Å². The van der Waals surface area contributed by atoms with Gasteiger partial charge in [0, 0.05) is 17.1 Å². The molecule has 0 radical (unpaired) electrons. The molecule has 2 aromatic carbocycles. The second-order valence-corrected chi connectivity index (χ2v) is 6.64. The largest absolute Gasteiger partial charge is 0.508 e. The quantitative estimate of drug-likeness (QED) is 0.797. The average Bonchev–Trinajstić information content (AvgIpc) is 2.59. The Bertz CT molecular complexity index is 747. The molecule has 5 heteroatoms. The fourth-order valence-electron chi connectivity index (χ4n) is 3.17. The average molecular weight is 346 g/mol. The summed E-state index contributed by atoms with van der Waals surface area (Å²) in [5.74, 6) is 0.124. The molecular weight excluding hydrogens is 326 g/mol. The van der Waals surface area contributed by atoms with Crippen LogP contribution in [0.15, 0.2) is 42.5 Å². The van der Waals surface area contributed by atoms with Crippen molar-refractivity contribution in [2.75, 3.05) is 6.54 Å². The number of aromatic hydroxyl groups is 1. The minimum absolute atomic E-state index is 0.271. The van der Waals surface area contributed by atoms with E-state index in [1.54, 1.807) is 36.4 Å². The number of aliphatic hydroxyl groups excluding tert-OH is 1. The third-order valence-electron chi connectivity index (χ3n) is 4.53. The number of aryl methyl sites for hydroxylation is 1. The van der Waals surface area contributed by atoms with Crippen molar-refractivity contribution >= 4 is 17.5 Å². The van der Waals surface area contributed by atoms with Crippen molar-refractivity contribution in [3.8, 4) is 5.75 Å². The van der Waals surface area contributed by atoms with Crippen LogP contribution in [0.3, 0.4) is 0 Å². The van der Waals surface area contributed by atoms with Gasteiger partial charge in [-0.05, 0) is 54.5 Å². The van der Waals surface area contributed by atoms with Crippen molar-refractivity contribution < 1.29 is 15.0 Å². The molecule has 0 aromatic heterocycles. The molecule has 0 saturated heterocycles. The molecule has 126 valence electrons. The van der Waals surface area contributed by atoms with E-state index in [2.05, 4.69) is 5.32 Å². The number of benzene rings is 2. The molecule has 2 unspecified atom stereocenters. The van der Waals surface area contributed by atoms with E-state index in [-0.39, 0.29) is 5.75 Å². The molecular formula is C19H20ClNO3. The van der Waals surface area contributed by atoms with E-state index in [1.807, 2.05) is 6.07 Å². The molecule has 0 bridgehead atoms. The summed E-state index contributed by atoms with van der Waals surface area (Å²) in [6.45, 7) is 0.495. The summed E-state index contributed by atoms with van der Waals surface area (Å²) in [6.07, 6.45) is 1.45. The molecule has 2 atom stereocenters. The summed E-state index contributed by atoms with van der Waals surface area (Å²) in [5, 5.41) is 23.0. The summed E-state index contributed by atoms with van der Waals surface area (Å²) >= 11 is 6.02. The van der Waals surface area contributed by atoms with Crippen molar-refractivity contribution in [2.45, 2.75) is 25.4 Å². The fraction of sp³-hybridized carbons (Fsp3) is 0.316. The van der Waals surface area contributed by atoms with Crippen LogP contribution in [-0.2, 0) is 17.6 Å². The molecule has 1 aliphatic rings. The minimum Gasteiger partial charge on any atom is -0.508 e. The maximum atomic E-state index is 12.2. The topological polar surface area (TPSA) is 69.6 Å². The minimum atomic E-state index is -1.27. The molecule has 1 aliphatic carbocycles. The molecule has 0 heterocycles. The van der Waals surface area contributed by atoms with Gasteiger partial charge in [0.15, 0.2) is 6.10 Å². The van der Waals surface area contributed by atoms with E-state index in [9.17, 15) is 15.0 Å². The van der Waals surface area contributed by atoms with Crippen LogP contribution in [0.2, 0.25) is 5.02 Å². The smallest absolute Gasteiger partial charge is 0.253 e. The first-order chi connectivity index (χ1) is 11.5. The predicted molar refractivity (Wildman–Crippen MR) is 93.0 cm³/mol. The van der Waals surface area contributed by atoms with E-state index in [1.165, 1.54) is 5.56 Å². The molecule has 0 fully saturated rings. The first kappa shape index (κ1) is 16.8. The summed E-state index contributed by atoms with van der Waals surface area (Å²) in [5.41, 5.74) is 2.80. The Labute approximate surface area is 146 Å². The monoisotopic (exact) mass is 345 g/mol. The lowest BCUT2D eigenvalue weighted by Gasteiger charge is -2.25. The number of aliphatic hydroxyl groups is 1. The van der Waals surface area contributed by atoms with Crippen LogP contribution in [-0.4, -0.2) is 22.7 Å². The molecule has 1 amide bonds. The number of nitrogens with one attached hydrogen (secondary N) is 1. The van der Waals surface area contributed by atoms with Gasteiger partial charge in [-0.3, -0.25) is 4.79 Å². The van der Waals surface area contributed by atoms with Gasteiger partial charge in [-0.25, -0.2) is 0 Å². The number of hydrogen-bond donors (Lipinski definition) is 3. The Hall–Kier alpha value is -2.04.